The molecule has 0 saturated heterocycles. The van der Waals surface area contributed by atoms with E-state index in [-0.39, 0.29) is 23.9 Å². The van der Waals surface area contributed by atoms with Crippen molar-refractivity contribution in [2.24, 2.45) is 5.14 Å². The molecule has 2 rings (SSSR count). The number of sulfonamides is 1. The molecule has 29 heavy (non-hydrogen) atoms. The van der Waals surface area contributed by atoms with Gasteiger partial charge in [-0.1, -0.05) is 37.8 Å². The van der Waals surface area contributed by atoms with Crippen LogP contribution in [0.4, 0.5) is 0 Å². The number of nitrogens with one attached hydrogen (secondary N) is 1. The van der Waals surface area contributed by atoms with Crippen molar-refractivity contribution in [2.45, 2.75) is 69.1 Å². The van der Waals surface area contributed by atoms with Crippen molar-refractivity contribution in [3.63, 3.8) is 0 Å². The van der Waals surface area contributed by atoms with Crippen LogP contribution in [0.25, 0.3) is 11.4 Å². The molecule has 0 aliphatic heterocycles. The Hall–Kier alpha value is -1.88. The summed E-state index contributed by atoms with van der Waals surface area (Å²) in [6.45, 7) is 0.341. The third kappa shape index (κ3) is 7.14. The van der Waals surface area contributed by atoms with E-state index in [1.165, 1.54) is 0 Å². The van der Waals surface area contributed by atoms with Gasteiger partial charge < -0.3 is 10.2 Å². The Morgan fingerprint density at radius 1 is 0.862 bits per heavy atom. The van der Waals surface area contributed by atoms with Gasteiger partial charge in [0.1, 0.15) is 0 Å². The minimum atomic E-state index is -3.99. The Morgan fingerprint density at radius 3 is 1.93 bits per heavy atom. The fourth-order valence-corrected chi connectivity index (χ4v) is 4.51. The van der Waals surface area contributed by atoms with Gasteiger partial charge in [-0.25, -0.2) is 13.6 Å². The standard InChI is InChI=1S/C19H31N5O4S/c20-29(27,28)18-16(10-6-2-4-8-14-26)12-11-15(9-5-1-3-7-13-25)17(18)19-21-23-24-22-19/h11-12,25-26H,1-10,13-14H2,(H2,20,27,28)(H,21,22,23,24). The van der Waals surface area contributed by atoms with Crippen LogP contribution in [0.3, 0.4) is 0 Å². The maximum atomic E-state index is 12.5. The molecule has 1 heterocycles. The van der Waals surface area contributed by atoms with Gasteiger partial charge in [-0.3, -0.25) is 0 Å². The van der Waals surface area contributed by atoms with Crippen LogP contribution in [0.5, 0.6) is 0 Å². The molecule has 10 heteroatoms. The largest absolute Gasteiger partial charge is 0.396 e. The van der Waals surface area contributed by atoms with E-state index in [1.807, 2.05) is 12.1 Å². The van der Waals surface area contributed by atoms with E-state index in [2.05, 4.69) is 20.6 Å². The van der Waals surface area contributed by atoms with E-state index < -0.39 is 10.0 Å². The Morgan fingerprint density at radius 2 is 1.41 bits per heavy atom. The van der Waals surface area contributed by atoms with Crippen LogP contribution in [0, 0.1) is 0 Å². The summed E-state index contributed by atoms with van der Waals surface area (Å²) in [5, 5.41) is 37.4. The molecule has 0 radical (unpaired) electrons. The molecule has 2 aromatic rings. The smallest absolute Gasteiger partial charge is 0.239 e. The Kier molecular flexibility index (Phi) is 9.65. The number of aryl methyl sites for hydroxylation is 2. The molecule has 1 aromatic carbocycles. The van der Waals surface area contributed by atoms with Crippen molar-refractivity contribution < 1.29 is 18.6 Å². The number of nitrogens with two attached hydrogens (primary N) is 1. The summed E-state index contributed by atoms with van der Waals surface area (Å²) in [6.07, 6.45) is 8.03. The summed E-state index contributed by atoms with van der Waals surface area (Å²) in [4.78, 5) is 0.0777. The molecular weight excluding hydrogens is 394 g/mol. The van der Waals surface area contributed by atoms with Crippen molar-refractivity contribution in [1.29, 1.82) is 0 Å². The molecule has 162 valence electrons. The minimum Gasteiger partial charge on any atom is -0.396 e. The third-order valence-corrected chi connectivity index (χ3v) is 5.92. The van der Waals surface area contributed by atoms with Crippen LogP contribution in [0.15, 0.2) is 17.0 Å². The second kappa shape index (κ2) is 12.0. The first-order valence-corrected chi connectivity index (χ1v) is 11.7. The zero-order valence-electron chi connectivity index (χ0n) is 16.7. The van der Waals surface area contributed by atoms with E-state index in [9.17, 15) is 8.42 Å². The number of hydrogen-bond acceptors (Lipinski definition) is 7. The maximum absolute atomic E-state index is 12.5. The van der Waals surface area contributed by atoms with Gasteiger partial charge in [-0.05, 0) is 54.9 Å². The van der Waals surface area contributed by atoms with Crippen molar-refractivity contribution in [3.05, 3.63) is 23.3 Å². The average Bonchev–Trinajstić information content (AvgIpc) is 3.21. The molecule has 0 amide bonds. The monoisotopic (exact) mass is 425 g/mol. The maximum Gasteiger partial charge on any atom is 0.239 e. The van der Waals surface area contributed by atoms with Crippen LogP contribution in [-0.2, 0) is 22.9 Å². The number of aliphatic hydroxyl groups is 2. The number of aromatic nitrogens is 4. The predicted molar refractivity (Wildman–Crippen MR) is 110 cm³/mol. The lowest BCUT2D eigenvalue weighted by atomic mass is 9.95. The number of H-pyrrole nitrogens is 1. The topological polar surface area (TPSA) is 155 Å². The van der Waals surface area contributed by atoms with E-state index in [0.717, 1.165) is 56.9 Å². The summed E-state index contributed by atoms with van der Waals surface area (Å²) in [6, 6.07) is 3.76. The van der Waals surface area contributed by atoms with Gasteiger partial charge in [-0.15, -0.1) is 10.2 Å². The predicted octanol–water partition coefficient (Wildman–Crippen LogP) is 1.70. The first-order valence-electron chi connectivity index (χ1n) is 10.1. The van der Waals surface area contributed by atoms with Crippen molar-refractivity contribution in [1.82, 2.24) is 20.6 Å². The minimum absolute atomic E-state index is 0.0777. The second-order valence-corrected chi connectivity index (χ2v) is 8.64. The number of nitrogens with zero attached hydrogens (tertiary/aromatic N) is 3. The highest BCUT2D eigenvalue weighted by Gasteiger charge is 2.25. The summed E-state index contributed by atoms with van der Waals surface area (Å²) >= 11 is 0. The van der Waals surface area contributed by atoms with Gasteiger partial charge in [0.2, 0.25) is 15.8 Å². The van der Waals surface area contributed by atoms with Gasteiger partial charge >= 0.3 is 0 Å². The van der Waals surface area contributed by atoms with Gasteiger partial charge in [0.05, 0.1) is 4.90 Å². The van der Waals surface area contributed by atoms with Crippen molar-refractivity contribution >= 4 is 10.0 Å². The zero-order chi connectivity index (χ0) is 21.1. The summed E-state index contributed by atoms with van der Waals surface area (Å²) in [5.41, 5.74) is 1.90. The molecular formula is C19H31N5O4S. The quantitative estimate of drug-likeness (QED) is 0.336. The molecule has 0 saturated carbocycles. The normalized spacial score (nSPS) is 11.8. The highest BCUT2D eigenvalue weighted by Crippen LogP contribution is 2.32. The molecule has 0 fully saturated rings. The lowest BCUT2D eigenvalue weighted by Gasteiger charge is -2.16. The first-order chi connectivity index (χ1) is 14.0. The highest BCUT2D eigenvalue weighted by molar-refractivity contribution is 7.89. The number of rotatable bonds is 14. The van der Waals surface area contributed by atoms with E-state index in [1.54, 1.807) is 0 Å². The van der Waals surface area contributed by atoms with Crippen LogP contribution >= 0.6 is 0 Å². The van der Waals surface area contributed by atoms with E-state index in [4.69, 9.17) is 15.4 Å². The molecule has 0 bridgehead atoms. The van der Waals surface area contributed by atoms with Gasteiger partial charge in [0, 0.05) is 18.8 Å². The summed E-state index contributed by atoms with van der Waals surface area (Å²) < 4.78 is 25.0. The van der Waals surface area contributed by atoms with Crippen LogP contribution < -0.4 is 5.14 Å². The van der Waals surface area contributed by atoms with Crippen LogP contribution in [0.1, 0.15) is 62.5 Å². The van der Waals surface area contributed by atoms with E-state index >= 15 is 0 Å². The lowest BCUT2D eigenvalue weighted by molar-refractivity contribution is 0.282. The SMILES string of the molecule is NS(=O)(=O)c1c(CCCCCCO)ccc(CCCCCCO)c1-c1nn[nH]n1. The fraction of sp³-hybridized carbons (Fsp3) is 0.632. The number of hydrogen-bond donors (Lipinski definition) is 4. The Balaban J connectivity index is 2.32. The zero-order valence-corrected chi connectivity index (χ0v) is 17.5. The molecule has 0 unspecified atom stereocenters. The van der Waals surface area contributed by atoms with Crippen LogP contribution in [0.2, 0.25) is 0 Å². The molecule has 0 aliphatic rings. The Bertz CT molecular complexity index is 841. The third-order valence-electron chi connectivity index (χ3n) is 4.89. The number of primary sulfonamides is 1. The number of aliphatic hydroxyl groups excluding tert-OH is 2. The highest BCUT2D eigenvalue weighted by atomic mass is 32.2. The lowest BCUT2D eigenvalue weighted by Crippen LogP contribution is -2.17. The fourth-order valence-electron chi connectivity index (χ4n) is 3.47. The van der Waals surface area contributed by atoms with Crippen LogP contribution in [-0.4, -0.2) is 52.5 Å². The number of unbranched alkanes of at least 4 members (excludes halogenated alkanes) is 6. The summed E-state index contributed by atoms with van der Waals surface area (Å²) in [7, 11) is -3.99. The van der Waals surface area contributed by atoms with Gasteiger partial charge in [-0.2, -0.15) is 5.21 Å². The molecule has 5 N–H and O–H groups in total. The van der Waals surface area contributed by atoms with Gasteiger partial charge in [0.25, 0.3) is 0 Å². The molecule has 9 nitrogen and oxygen atoms in total. The van der Waals surface area contributed by atoms with Crippen molar-refractivity contribution in [3.8, 4) is 11.4 Å². The van der Waals surface area contributed by atoms with Crippen molar-refractivity contribution in [2.75, 3.05) is 13.2 Å². The number of tetrazole rings is 1. The number of benzene rings is 1. The molecule has 1 aromatic heterocycles. The molecule has 0 atom stereocenters. The van der Waals surface area contributed by atoms with E-state index in [0.29, 0.717) is 24.0 Å². The summed E-state index contributed by atoms with van der Waals surface area (Å²) in [5.74, 6) is 0.224. The molecule has 0 aliphatic carbocycles. The average molecular weight is 426 g/mol. The van der Waals surface area contributed by atoms with Gasteiger partial charge in [0.15, 0.2) is 0 Å². The number of aromatic amines is 1. The second-order valence-electron chi connectivity index (χ2n) is 7.14. The first kappa shape index (κ1) is 23.4. The molecule has 0 spiro atoms. The Labute approximate surface area is 171 Å².